The lowest BCUT2D eigenvalue weighted by molar-refractivity contribution is 1.13. The maximum atomic E-state index is 5.71. The van der Waals surface area contributed by atoms with E-state index in [0.717, 1.165) is 11.4 Å². The van der Waals surface area contributed by atoms with Crippen molar-refractivity contribution in [3.63, 3.8) is 0 Å². The van der Waals surface area contributed by atoms with Crippen molar-refractivity contribution in [2.24, 2.45) is 0 Å². The van der Waals surface area contributed by atoms with Gasteiger partial charge >= 0.3 is 0 Å². The van der Waals surface area contributed by atoms with E-state index in [1.807, 2.05) is 43.3 Å². The molecule has 0 unspecified atom stereocenters. The van der Waals surface area contributed by atoms with E-state index in [9.17, 15) is 0 Å². The molecule has 0 fully saturated rings. The molecule has 0 spiro atoms. The van der Waals surface area contributed by atoms with E-state index in [-0.39, 0.29) is 0 Å². The summed E-state index contributed by atoms with van der Waals surface area (Å²) < 4.78 is 0.667. The Balaban J connectivity index is 2.28. The highest BCUT2D eigenvalue weighted by Gasteiger charge is 2.06. The van der Waals surface area contributed by atoms with Gasteiger partial charge in [-0.3, -0.25) is 0 Å². The lowest BCUT2D eigenvalue weighted by Crippen LogP contribution is -2.08. The number of nitrogens with two attached hydrogens (primary N) is 1. The van der Waals surface area contributed by atoms with Crippen molar-refractivity contribution in [1.82, 2.24) is 9.97 Å². The Bertz CT molecular complexity index is 556. The molecule has 3 N–H and O–H groups in total. The van der Waals surface area contributed by atoms with Crippen LogP contribution in [0.5, 0.6) is 0 Å². The Morgan fingerprint density at radius 3 is 2.78 bits per heavy atom. The first-order chi connectivity index (χ1) is 8.58. The lowest BCUT2D eigenvalue weighted by Gasteiger charge is -2.14. The quantitative estimate of drug-likeness (QED) is 0.912. The Morgan fingerprint density at radius 1 is 1.28 bits per heavy atom. The summed E-state index contributed by atoms with van der Waals surface area (Å²) in [5.74, 6) is 1.06. The van der Waals surface area contributed by atoms with E-state index in [2.05, 4.69) is 31.2 Å². The zero-order valence-corrected chi connectivity index (χ0v) is 11.8. The van der Waals surface area contributed by atoms with Crippen molar-refractivity contribution < 1.29 is 0 Å². The molecule has 0 aliphatic heterocycles. The normalized spacial score (nSPS) is 10.2. The zero-order chi connectivity index (χ0) is 13.1. The second-order valence-electron chi connectivity index (χ2n) is 3.99. The molecule has 18 heavy (non-hydrogen) atoms. The van der Waals surface area contributed by atoms with Crippen LogP contribution in [0.2, 0.25) is 0 Å². The number of rotatable bonds is 3. The summed E-state index contributed by atoms with van der Waals surface area (Å²) in [6, 6.07) is 8.02. The van der Waals surface area contributed by atoms with Crippen LogP contribution in [-0.4, -0.2) is 24.1 Å². The fraction of sp³-hybridized carbons (Fsp3) is 0.167. The number of nitrogens with one attached hydrogen (secondary N) is 1. The number of benzene rings is 1. The Kier molecular flexibility index (Phi) is 3.66. The number of nitrogen functional groups attached to an aromatic ring is 1. The van der Waals surface area contributed by atoms with Gasteiger partial charge in [0.2, 0.25) is 0 Å². The number of halogens is 1. The first-order valence-corrected chi connectivity index (χ1v) is 6.17. The maximum absolute atomic E-state index is 5.71. The lowest BCUT2D eigenvalue weighted by atomic mass is 10.2. The molecular formula is C12H14BrN5. The van der Waals surface area contributed by atoms with Crippen LogP contribution >= 0.6 is 15.9 Å². The van der Waals surface area contributed by atoms with Crippen LogP contribution in [0.25, 0.3) is 0 Å². The van der Waals surface area contributed by atoms with Crippen molar-refractivity contribution in [3.8, 4) is 0 Å². The third kappa shape index (κ3) is 2.70. The number of aromatic nitrogens is 2. The van der Waals surface area contributed by atoms with Crippen molar-refractivity contribution in [2.75, 3.05) is 30.0 Å². The number of anilines is 4. The molecule has 1 aromatic carbocycles. The summed E-state index contributed by atoms with van der Waals surface area (Å²) >= 11 is 3.36. The second-order valence-corrected chi connectivity index (χ2v) is 4.78. The van der Waals surface area contributed by atoms with Crippen molar-refractivity contribution in [1.29, 1.82) is 0 Å². The van der Waals surface area contributed by atoms with Crippen LogP contribution in [0.3, 0.4) is 0 Å². The van der Waals surface area contributed by atoms with Crippen LogP contribution in [0, 0.1) is 0 Å². The number of nitrogens with zero attached hydrogens (tertiary/aromatic N) is 3. The van der Waals surface area contributed by atoms with E-state index in [0.29, 0.717) is 16.1 Å². The minimum atomic E-state index is 0.413. The molecule has 1 aromatic heterocycles. The third-order valence-electron chi connectivity index (χ3n) is 2.44. The Morgan fingerprint density at radius 2 is 2.06 bits per heavy atom. The first-order valence-electron chi connectivity index (χ1n) is 5.38. The molecule has 0 radical (unpaired) electrons. The minimum Gasteiger partial charge on any atom is -0.383 e. The summed E-state index contributed by atoms with van der Waals surface area (Å²) in [7, 11) is 4.00. The molecule has 94 valence electrons. The minimum absolute atomic E-state index is 0.413. The van der Waals surface area contributed by atoms with Crippen molar-refractivity contribution >= 4 is 38.9 Å². The number of hydrogen-bond donors (Lipinski definition) is 2. The topological polar surface area (TPSA) is 67.1 Å². The van der Waals surface area contributed by atoms with Crippen molar-refractivity contribution in [3.05, 3.63) is 35.1 Å². The molecule has 2 aromatic rings. The molecule has 2 rings (SSSR count). The summed E-state index contributed by atoms with van der Waals surface area (Å²) in [5, 5.41) is 3.20. The van der Waals surface area contributed by atoms with Crippen LogP contribution in [0.4, 0.5) is 23.0 Å². The highest BCUT2D eigenvalue weighted by molar-refractivity contribution is 9.10. The molecule has 6 heteroatoms. The van der Waals surface area contributed by atoms with Gasteiger partial charge in [-0.1, -0.05) is 6.07 Å². The Hall–Kier alpha value is -1.82. The van der Waals surface area contributed by atoms with Crippen LogP contribution in [0.15, 0.2) is 35.1 Å². The van der Waals surface area contributed by atoms with Gasteiger partial charge in [0.25, 0.3) is 0 Å². The molecule has 0 saturated heterocycles. The highest BCUT2D eigenvalue weighted by atomic mass is 79.9. The van der Waals surface area contributed by atoms with E-state index in [1.165, 1.54) is 6.33 Å². The average Bonchev–Trinajstić information content (AvgIpc) is 2.35. The third-order valence-corrected chi connectivity index (χ3v) is 3.22. The second kappa shape index (κ2) is 5.22. The predicted molar refractivity (Wildman–Crippen MR) is 78.2 cm³/mol. The molecular weight excluding hydrogens is 294 g/mol. The van der Waals surface area contributed by atoms with Gasteiger partial charge in [0.1, 0.15) is 22.4 Å². The predicted octanol–water partition coefficient (Wildman–Crippen LogP) is 2.63. The van der Waals surface area contributed by atoms with Gasteiger partial charge in [0.15, 0.2) is 0 Å². The van der Waals surface area contributed by atoms with Gasteiger partial charge in [-0.25, -0.2) is 9.97 Å². The van der Waals surface area contributed by atoms with Crippen LogP contribution in [0.1, 0.15) is 0 Å². The standard InChI is InChI=1S/C12H14BrN5/c1-18(2)9-5-3-4-8(6-9)17-12-10(13)11(14)15-7-16-12/h3-7H,1-2H3,(H3,14,15,16,17). The van der Waals surface area contributed by atoms with Crippen molar-refractivity contribution in [2.45, 2.75) is 0 Å². The maximum Gasteiger partial charge on any atom is 0.150 e. The summed E-state index contributed by atoms with van der Waals surface area (Å²) in [4.78, 5) is 10.1. The molecule has 0 aliphatic carbocycles. The van der Waals surface area contributed by atoms with Gasteiger partial charge in [-0.05, 0) is 34.1 Å². The molecule has 1 heterocycles. The van der Waals surface area contributed by atoms with Gasteiger partial charge in [-0.2, -0.15) is 0 Å². The van der Waals surface area contributed by atoms with Gasteiger partial charge in [0.05, 0.1) is 0 Å². The van der Waals surface area contributed by atoms with Gasteiger partial charge < -0.3 is 16.0 Å². The summed E-state index contributed by atoms with van der Waals surface area (Å²) in [6.07, 6.45) is 1.43. The number of hydrogen-bond acceptors (Lipinski definition) is 5. The largest absolute Gasteiger partial charge is 0.383 e. The summed E-state index contributed by atoms with van der Waals surface area (Å²) in [6.45, 7) is 0. The molecule has 0 aliphatic rings. The summed E-state index contributed by atoms with van der Waals surface area (Å²) in [5.41, 5.74) is 7.76. The SMILES string of the molecule is CN(C)c1cccc(Nc2ncnc(N)c2Br)c1. The van der Waals surface area contributed by atoms with E-state index in [1.54, 1.807) is 0 Å². The molecule has 0 atom stereocenters. The molecule has 0 saturated carbocycles. The highest BCUT2D eigenvalue weighted by Crippen LogP contribution is 2.28. The van der Waals surface area contributed by atoms with Gasteiger partial charge in [0, 0.05) is 25.5 Å². The zero-order valence-electron chi connectivity index (χ0n) is 10.2. The van der Waals surface area contributed by atoms with Gasteiger partial charge in [-0.15, -0.1) is 0 Å². The fourth-order valence-corrected chi connectivity index (χ4v) is 1.77. The fourth-order valence-electron chi connectivity index (χ4n) is 1.47. The Labute approximate surface area is 114 Å². The molecule has 0 bridgehead atoms. The van der Waals surface area contributed by atoms with E-state index in [4.69, 9.17) is 5.73 Å². The van der Waals surface area contributed by atoms with Crippen LogP contribution < -0.4 is 16.0 Å². The van der Waals surface area contributed by atoms with E-state index < -0.39 is 0 Å². The molecule has 0 amide bonds. The monoisotopic (exact) mass is 307 g/mol. The molecule has 5 nitrogen and oxygen atoms in total. The average molecular weight is 308 g/mol. The van der Waals surface area contributed by atoms with E-state index >= 15 is 0 Å². The van der Waals surface area contributed by atoms with Crippen LogP contribution in [-0.2, 0) is 0 Å². The first kappa shape index (κ1) is 12.6. The smallest absolute Gasteiger partial charge is 0.150 e.